The highest BCUT2D eigenvalue weighted by atomic mass is 32.1. The lowest BCUT2D eigenvalue weighted by Gasteiger charge is -2.13. The minimum Gasteiger partial charge on any atom is -0.496 e. The van der Waals surface area contributed by atoms with Crippen molar-refractivity contribution in [2.24, 2.45) is 0 Å². The third-order valence-electron chi connectivity index (χ3n) is 3.44. The largest absolute Gasteiger partial charge is 0.496 e. The molecule has 0 spiro atoms. The second-order valence-corrected chi connectivity index (χ2v) is 6.06. The maximum Gasteiger partial charge on any atom is 0.255 e. The second-order valence-electron chi connectivity index (χ2n) is 4.81. The zero-order valence-corrected chi connectivity index (χ0v) is 14.6. The highest BCUT2D eigenvalue weighted by Gasteiger charge is 2.17. The fourth-order valence-electron chi connectivity index (χ4n) is 2.18. The number of ether oxygens (including phenoxy) is 3. The van der Waals surface area contributed by atoms with Crippen molar-refractivity contribution in [1.29, 1.82) is 0 Å². The van der Waals surface area contributed by atoms with E-state index in [0.29, 0.717) is 29.4 Å². The van der Waals surface area contributed by atoms with E-state index in [2.05, 4.69) is 18.3 Å². The van der Waals surface area contributed by atoms with E-state index in [1.807, 2.05) is 6.07 Å². The zero-order valence-electron chi connectivity index (χ0n) is 13.8. The van der Waals surface area contributed by atoms with Crippen molar-refractivity contribution in [3.05, 3.63) is 39.6 Å². The first-order valence-corrected chi connectivity index (χ1v) is 8.10. The van der Waals surface area contributed by atoms with Crippen LogP contribution in [0.1, 0.15) is 27.0 Å². The molecule has 124 valence electrons. The molecule has 0 saturated carbocycles. The summed E-state index contributed by atoms with van der Waals surface area (Å²) in [6, 6.07) is 7.39. The maximum absolute atomic E-state index is 12.5. The van der Waals surface area contributed by atoms with Crippen LogP contribution in [0.5, 0.6) is 17.2 Å². The standard InChI is InChI=1S/C17H21NO4S/c1-5-11-6-7-12(23-11)10-18-17(19)13-8-15(21-3)16(22-4)9-14(13)20-2/h6-9H,5,10H2,1-4H3,(H,18,19). The van der Waals surface area contributed by atoms with Gasteiger partial charge in [-0.2, -0.15) is 0 Å². The number of nitrogens with one attached hydrogen (secondary N) is 1. The van der Waals surface area contributed by atoms with Crippen LogP contribution >= 0.6 is 11.3 Å². The van der Waals surface area contributed by atoms with Crippen molar-refractivity contribution in [2.45, 2.75) is 19.9 Å². The van der Waals surface area contributed by atoms with Gasteiger partial charge in [0, 0.05) is 21.9 Å². The number of hydrogen-bond donors (Lipinski definition) is 1. The van der Waals surface area contributed by atoms with Crippen LogP contribution < -0.4 is 19.5 Å². The van der Waals surface area contributed by atoms with Crippen LogP contribution in [0.4, 0.5) is 0 Å². The molecule has 0 aliphatic heterocycles. The smallest absolute Gasteiger partial charge is 0.255 e. The molecule has 1 heterocycles. The van der Waals surface area contributed by atoms with Crippen LogP contribution in [0.2, 0.25) is 0 Å². The normalized spacial score (nSPS) is 10.3. The molecule has 0 radical (unpaired) electrons. The summed E-state index contributed by atoms with van der Waals surface area (Å²) in [4.78, 5) is 14.9. The van der Waals surface area contributed by atoms with E-state index >= 15 is 0 Å². The fraction of sp³-hybridized carbons (Fsp3) is 0.353. The summed E-state index contributed by atoms with van der Waals surface area (Å²) in [6.07, 6.45) is 1.00. The molecule has 0 bridgehead atoms. The second kappa shape index (κ2) is 7.87. The van der Waals surface area contributed by atoms with Crippen molar-refractivity contribution in [2.75, 3.05) is 21.3 Å². The Kier molecular flexibility index (Phi) is 5.87. The third-order valence-corrected chi connectivity index (χ3v) is 4.67. The number of methoxy groups -OCH3 is 3. The number of hydrogen-bond acceptors (Lipinski definition) is 5. The van der Waals surface area contributed by atoms with Gasteiger partial charge in [0.15, 0.2) is 11.5 Å². The zero-order chi connectivity index (χ0) is 16.8. The summed E-state index contributed by atoms with van der Waals surface area (Å²) in [5.41, 5.74) is 0.414. The quantitative estimate of drug-likeness (QED) is 0.844. The van der Waals surface area contributed by atoms with E-state index in [-0.39, 0.29) is 5.91 Å². The van der Waals surface area contributed by atoms with E-state index in [4.69, 9.17) is 14.2 Å². The number of rotatable bonds is 7. The van der Waals surface area contributed by atoms with Gasteiger partial charge < -0.3 is 19.5 Å². The van der Waals surface area contributed by atoms with Crippen LogP contribution in [-0.4, -0.2) is 27.2 Å². The Hall–Kier alpha value is -2.21. The van der Waals surface area contributed by atoms with Crippen molar-refractivity contribution in [1.82, 2.24) is 5.32 Å². The van der Waals surface area contributed by atoms with Gasteiger partial charge in [-0.1, -0.05) is 6.92 Å². The van der Waals surface area contributed by atoms with Crippen LogP contribution in [0.15, 0.2) is 24.3 Å². The number of aryl methyl sites for hydroxylation is 1. The molecule has 2 rings (SSSR count). The lowest BCUT2D eigenvalue weighted by atomic mass is 10.1. The summed E-state index contributed by atoms with van der Waals surface area (Å²) in [7, 11) is 4.59. The summed E-state index contributed by atoms with van der Waals surface area (Å²) in [5, 5.41) is 2.91. The van der Waals surface area contributed by atoms with Crippen LogP contribution in [0.3, 0.4) is 0 Å². The third kappa shape index (κ3) is 3.96. The Morgan fingerprint density at radius 1 is 1.00 bits per heavy atom. The van der Waals surface area contributed by atoms with E-state index in [0.717, 1.165) is 11.3 Å². The predicted octanol–water partition coefficient (Wildman–Crippen LogP) is 3.27. The van der Waals surface area contributed by atoms with Gasteiger partial charge in [-0.3, -0.25) is 4.79 Å². The first kappa shape index (κ1) is 17.1. The van der Waals surface area contributed by atoms with Crippen molar-refractivity contribution in [3.63, 3.8) is 0 Å². The molecular formula is C17H21NO4S. The number of carbonyl (C=O) groups is 1. The average molecular weight is 335 g/mol. The van der Waals surface area contributed by atoms with Crippen LogP contribution in [-0.2, 0) is 13.0 Å². The van der Waals surface area contributed by atoms with Gasteiger partial charge in [-0.05, 0) is 18.6 Å². The lowest BCUT2D eigenvalue weighted by molar-refractivity contribution is 0.0948. The SMILES string of the molecule is CCc1ccc(CNC(=O)c2cc(OC)c(OC)cc2OC)s1. The molecule has 23 heavy (non-hydrogen) atoms. The molecule has 6 heteroatoms. The van der Waals surface area contributed by atoms with E-state index < -0.39 is 0 Å². The minimum absolute atomic E-state index is 0.214. The minimum atomic E-state index is -0.214. The Bertz CT molecular complexity index is 681. The van der Waals surface area contributed by atoms with Crippen molar-refractivity contribution in [3.8, 4) is 17.2 Å². The van der Waals surface area contributed by atoms with E-state index in [1.54, 1.807) is 30.6 Å². The number of thiophene rings is 1. The highest BCUT2D eigenvalue weighted by Crippen LogP contribution is 2.34. The molecule has 5 nitrogen and oxygen atoms in total. The average Bonchev–Trinajstić information content (AvgIpc) is 3.06. The molecule has 1 amide bonds. The molecule has 0 aliphatic rings. The number of amides is 1. The monoisotopic (exact) mass is 335 g/mol. The molecule has 1 aromatic heterocycles. The molecule has 0 fully saturated rings. The molecule has 0 atom stereocenters. The summed E-state index contributed by atoms with van der Waals surface area (Å²) < 4.78 is 15.8. The van der Waals surface area contributed by atoms with Gasteiger partial charge in [-0.15, -0.1) is 11.3 Å². The predicted molar refractivity (Wildman–Crippen MR) is 91.0 cm³/mol. The molecule has 0 aliphatic carbocycles. The van der Waals surface area contributed by atoms with Gasteiger partial charge in [0.25, 0.3) is 5.91 Å². The van der Waals surface area contributed by atoms with Gasteiger partial charge >= 0.3 is 0 Å². The summed E-state index contributed by atoms with van der Waals surface area (Å²) >= 11 is 1.70. The van der Waals surface area contributed by atoms with Crippen LogP contribution in [0.25, 0.3) is 0 Å². The summed E-state index contributed by atoms with van der Waals surface area (Å²) in [5.74, 6) is 1.24. The van der Waals surface area contributed by atoms with Gasteiger partial charge in [-0.25, -0.2) is 0 Å². The Morgan fingerprint density at radius 2 is 1.61 bits per heavy atom. The van der Waals surface area contributed by atoms with Gasteiger partial charge in [0.1, 0.15) is 5.75 Å². The molecule has 1 aromatic carbocycles. The first-order valence-electron chi connectivity index (χ1n) is 7.28. The highest BCUT2D eigenvalue weighted by molar-refractivity contribution is 7.11. The maximum atomic E-state index is 12.5. The first-order chi connectivity index (χ1) is 11.1. The van der Waals surface area contributed by atoms with E-state index in [1.165, 1.54) is 19.1 Å². The van der Waals surface area contributed by atoms with Gasteiger partial charge in [0.05, 0.1) is 33.4 Å². The van der Waals surface area contributed by atoms with Crippen molar-refractivity contribution < 1.29 is 19.0 Å². The lowest BCUT2D eigenvalue weighted by Crippen LogP contribution is -2.23. The molecule has 1 N–H and O–H groups in total. The molecular weight excluding hydrogens is 314 g/mol. The van der Waals surface area contributed by atoms with E-state index in [9.17, 15) is 4.79 Å². The van der Waals surface area contributed by atoms with Crippen LogP contribution in [0, 0.1) is 0 Å². The molecule has 2 aromatic rings. The number of benzene rings is 1. The molecule has 0 saturated heterocycles. The summed E-state index contributed by atoms with van der Waals surface area (Å²) in [6.45, 7) is 2.60. The van der Waals surface area contributed by atoms with Gasteiger partial charge in [0.2, 0.25) is 0 Å². The number of carbonyl (C=O) groups excluding carboxylic acids is 1. The topological polar surface area (TPSA) is 56.8 Å². The van der Waals surface area contributed by atoms with Crippen molar-refractivity contribution >= 4 is 17.2 Å². The Morgan fingerprint density at radius 3 is 2.17 bits per heavy atom. The Balaban J connectivity index is 2.17. The fourth-order valence-corrected chi connectivity index (χ4v) is 3.07. The Labute approximate surface area is 140 Å². The molecule has 0 unspecified atom stereocenters.